The molecule has 0 saturated carbocycles. The van der Waals surface area contributed by atoms with Crippen LogP contribution in [0.2, 0.25) is 0 Å². The van der Waals surface area contributed by atoms with Gasteiger partial charge >= 0.3 is 6.03 Å². The van der Waals surface area contributed by atoms with Gasteiger partial charge in [-0.2, -0.15) is 0 Å². The van der Waals surface area contributed by atoms with E-state index in [4.69, 9.17) is 0 Å². The number of anilines is 1. The SMILES string of the molecule is CC(C)CNC(=O)Nc1nnc(C(=O)N2CCN[C@@H](Cc3ccccc3)C2)cc1CC(C)C. The number of carbonyl (C=O) groups is 2. The number of nitrogens with zero attached hydrogens (tertiary/aromatic N) is 3. The van der Waals surface area contributed by atoms with Crippen LogP contribution in [0, 0.1) is 11.8 Å². The summed E-state index contributed by atoms with van der Waals surface area (Å²) in [6, 6.07) is 11.9. The standard InChI is InChI=1S/C25H36N6O2/c1-17(2)12-20-14-22(29-30-23(20)28-25(33)27-15-18(3)4)24(32)31-11-10-26-21(16-31)13-19-8-6-5-7-9-19/h5-9,14,17-18,21,26H,10-13,15-16H2,1-4H3,(H2,27,28,30,33)/t21-/m0/s1. The number of piperazine rings is 1. The van der Waals surface area contributed by atoms with Crippen molar-refractivity contribution in [1.82, 2.24) is 25.7 Å². The predicted molar refractivity (Wildman–Crippen MR) is 130 cm³/mol. The van der Waals surface area contributed by atoms with Gasteiger partial charge in [-0.1, -0.05) is 58.0 Å². The van der Waals surface area contributed by atoms with E-state index in [9.17, 15) is 9.59 Å². The molecular formula is C25H36N6O2. The van der Waals surface area contributed by atoms with Crippen molar-refractivity contribution in [3.8, 4) is 0 Å². The van der Waals surface area contributed by atoms with Crippen molar-refractivity contribution in [3.63, 3.8) is 0 Å². The molecule has 3 N–H and O–H groups in total. The molecule has 1 aliphatic heterocycles. The van der Waals surface area contributed by atoms with Gasteiger partial charge in [0.1, 0.15) is 0 Å². The van der Waals surface area contributed by atoms with E-state index in [1.165, 1.54) is 5.56 Å². The van der Waals surface area contributed by atoms with Crippen molar-refractivity contribution in [2.24, 2.45) is 11.8 Å². The minimum Gasteiger partial charge on any atom is -0.338 e. The minimum absolute atomic E-state index is 0.122. The van der Waals surface area contributed by atoms with Crippen LogP contribution in [0.5, 0.6) is 0 Å². The van der Waals surface area contributed by atoms with Crippen LogP contribution in [0.1, 0.15) is 49.3 Å². The van der Waals surface area contributed by atoms with Gasteiger partial charge in [0, 0.05) is 32.2 Å². The molecule has 2 heterocycles. The average molecular weight is 453 g/mol. The Morgan fingerprint density at radius 3 is 2.58 bits per heavy atom. The second-order valence-corrected chi connectivity index (χ2v) is 9.52. The summed E-state index contributed by atoms with van der Waals surface area (Å²) >= 11 is 0. The highest BCUT2D eigenvalue weighted by Gasteiger charge is 2.26. The molecule has 8 heteroatoms. The van der Waals surface area contributed by atoms with Crippen molar-refractivity contribution >= 4 is 17.8 Å². The van der Waals surface area contributed by atoms with E-state index in [1.54, 1.807) is 6.07 Å². The molecule has 1 saturated heterocycles. The lowest BCUT2D eigenvalue weighted by molar-refractivity contribution is 0.0695. The Bertz CT molecular complexity index is 932. The maximum absolute atomic E-state index is 13.2. The van der Waals surface area contributed by atoms with Crippen LogP contribution in [0.15, 0.2) is 36.4 Å². The van der Waals surface area contributed by atoms with Crippen molar-refractivity contribution < 1.29 is 9.59 Å². The quantitative estimate of drug-likeness (QED) is 0.572. The number of nitrogens with one attached hydrogen (secondary N) is 3. The van der Waals surface area contributed by atoms with E-state index in [0.29, 0.717) is 49.4 Å². The molecule has 2 aromatic rings. The Labute approximate surface area is 196 Å². The molecule has 1 aliphatic rings. The number of amides is 3. The fourth-order valence-corrected chi connectivity index (χ4v) is 3.89. The lowest BCUT2D eigenvalue weighted by Crippen LogP contribution is -2.53. The average Bonchev–Trinajstić information content (AvgIpc) is 2.79. The van der Waals surface area contributed by atoms with Gasteiger partial charge in [-0.05, 0) is 41.9 Å². The van der Waals surface area contributed by atoms with Crippen LogP contribution in [-0.4, -0.2) is 59.3 Å². The molecule has 3 rings (SSSR count). The summed E-state index contributed by atoms with van der Waals surface area (Å²) in [7, 11) is 0. The van der Waals surface area contributed by atoms with E-state index >= 15 is 0 Å². The molecular weight excluding hydrogens is 416 g/mol. The maximum Gasteiger partial charge on any atom is 0.320 e. The van der Waals surface area contributed by atoms with Crippen LogP contribution in [0.25, 0.3) is 0 Å². The Hall–Kier alpha value is -3.00. The van der Waals surface area contributed by atoms with Gasteiger partial charge in [0.2, 0.25) is 0 Å². The molecule has 0 spiro atoms. The lowest BCUT2D eigenvalue weighted by atomic mass is 10.0. The van der Waals surface area contributed by atoms with E-state index < -0.39 is 0 Å². The second kappa shape index (κ2) is 11.7. The molecule has 1 aromatic heterocycles. The zero-order chi connectivity index (χ0) is 23.8. The molecule has 1 atom stereocenters. The van der Waals surface area contributed by atoms with Gasteiger partial charge < -0.3 is 15.5 Å². The highest BCUT2D eigenvalue weighted by Crippen LogP contribution is 2.19. The first-order chi connectivity index (χ1) is 15.8. The summed E-state index contributed by atoms with van der Waals surface area (Å²) in [5.74, 6) is 0.972. The summed E-state index contributed by atoms with van der Waals surface area (Å²) in [6.07, 6.45) is 1.55. The zero-order valence-corrected chi connectivity index (χ0v) is 20.1. The Morgan fingerprint density at radius 2 is 1.88 bits per heavy atom. The van der Waals surface area contributed by atoms with E-state index in [1.807, 2.05) is 36.9 Å². The Morgan fingerprint density at radius 1 is 1.12 bits per heavy atom. The normalized spacial score (nSPS) is 16.2. The van der Waals surface area contributed by atoms with Gasteiger partial charge in [0.15, 0.2) is 11.5 Å². The van der Waals surface area contributed by atoms with E-state index in [0.717, 1.165) is 18.5 Å². The summed E-state index contributed by atoms with van der Waals surface area (Å²) in [4.78, 5) is 27.3. The Balaban J connectivity index is 1.70. The predicted octanol–water partition coefficient (Wildman–Crippen LogP) is 3.11. The number of benzene rings is 1. The topological polar surface area (TPSA) is 99.2 Å². The fraction of sp³-hybridized carbons (Fsp3) is 0.520. The molecule has 1 fully saturated rings. The first-order valence-corrected chi connectivity index (χ1v) is 11.8. The largest absolute Gasteiger partial charge is 0.338 e. The lowest BCUT2D eigenvalue weighted by Gasteiger charge is -2.33. The molecule has 1 aromatic carbocycles. The number of carbonyl (C=O) groups excluding carboxylic acids is 2. The van der Waals surface area contributed by atoms with E-state index in [-0.39, 0.29) is 18.0 Å². The van der Waals surface area contributed by atoms with Gasteiger partial charge in [-0.25, -0.2) is 4.79 Å². The van der Waals surface area contributed by atoms with Crippen molar-refractivity contribution in [1.29, 1.82) is 0 Å². The number of hydrogen-bond acceptors (Lipinski definition) is 5. The van der Waals surface area contributed by atoms with Crippen molar-refractivity contribution in [2.45, 2.75) is 46.6 Å². The zero-order valence-electron chi connectivity index (χ0n) is 20.1. The van der Waals surface area contributed by atoms with Crippen molar-refractivity contribution in [3.05, 3.63) is 53.2 Å². The van der Waals surface area contributed by atoms with Crippen LogP contribution >= 0.6 is 0 Å². The third-order valence-corrected chi connectivity index (χ3v) is 5.49. The molecule has 3 amide bonds. The van der Waals surface area contributed by atoms with Crippen LogP contribution < -0.4 is 16.0 Å². The third-order valence-electron chi connectivity index (χ3n) is 5.49. The van der Waals surface area contributed by atoms with Gasteiger partial charge in [-0.15, -0.1) is 10.2 Å². The number of rotatable bonds is 8. The van der Waals surface area contributed by atoms with Crippen LogP contribution in [0.4, 0.5) is 10.6 Å². The smallest absolute Gasteiger partial charge is 0.320 e. The molecule has 0 unspecified atom stereocenters. The third kappa shape index (κ3) is 7.53. The Kier molecular flexibility index (Phi) is 8.77. The first kappa shape index (κ1) is 24.6. The second-order valence-electron chi connectivity index (χ2n) is 9.52. The number of hydrogen-bond donors (Lipinski definition) is 3. The maximum atomic E-state index is 13.2. The van der Waals surface area contributed by atoms with Crippen LogP contribution in [-0.2, 0) is 12.8 Å². The highest BCUT2D eigenvalue weighted by molar-refractivity contribution is 5.93. The van der Waals surface area contributed by atoms with Crippen LogP contribution in [0.3, 0.4) is 0 Å². The molecule has 0 bridgehead atoms. The summed E-state index contributed by atoms with van der Waals surface area (Å²) in [5.41, 5.74) is 2.38. The van der Waals surface area contributed by atoms with Crippen molar-refractivity contribution in [2.75, 3.05) is 31.5 Å². The molecule has 0 radical (unpaired) electrons. The van der Waals surface area contributed by atoms with Gasteiger partial charge in [-0.3, -0.25) is 10.1 Å². The fourth-order valence-electron chi connectivity index (χ4n) is 3.89. The summed E-state index contributed by atoms with van der Waals surface area (Å²) < 4.78 is 0. The number of urea groups is 1. The molecule has 0 aliphatic carbocycles. The first-order valence-electron chi connectivity index (χ1n) is 11.8. The number of aromatic nitrogens is 2. The summed E-state index contributed by atoms with van der Waals surface area (Å²) in [6.45, 7) is 10.8. The summed E-state index contributed by atoms with van der Waals surface area (Å²) in [5, 5.41) is 17.5. The minimum atomic E-state index is -0.312. The molecule has 33 heavy (non-hydrogen) atoms. The van der Waals surface area contributed by atoms with Gasteiger partial charge in [0.05, 0.1) is 0 Å². The molecule has 178 valence electrons. The van der Waals surface area contributed by atoms with E-state index in [2.05, 4.69) is 52.1 Å². The highest BCUT2D eigenvalue weighted by atomic mass is 16.2. The van der Waals surface area contributed by atoms with Gasteiger partial charge in [0.25, 0.3) is 5.91 Å². The monoisotopic (exact) mass is 452 g/mol. The molecule has 8 nitrogen and oxygen atoms in total.